The summed E-state index contributed by atoms with van der Waals surface area (Å²) in [7, 11) is 0. The summed E-state index contributed by atoms with van der Waals surface area (Å²) in [5, 5.41) is 12.7. The molecule has 7 heteroatoms. The molecule has 0 aliphatic carbocycles. The highest BCUT2D eigenvalue weighted by Crippen LogP contribution is 2.38. The Labute approximate surface area is 151 Å². The van der Waals surface area contributed by atoms with E-state index in [9.17, 15) is 14.7 Å². The van der Waals surface area contributed by atoms with Crippen molar-refractivity contribution < 1.29 is 19.4 Å². The van der Waals surface area contributed by atoms with E-state index in [1.54, 1.807) is 11.0 Å². The molecule has 3 amide bonds. The monoisotopic (exact) mass is 355 g/mol. The number of primary amides is 1. The normalized spacial score (nSPS) is 13.3. The zero-order chi connectivity index (χ0) is 18.7. The Balaban J connectivity index is 1.91. The second-order valence-corrected chi connectivity index (χ2v) is 6.18. The second-order valence-electron chi connectivity index (χ2n) is 6.18. The van der Waals surface area contributed by atoms with Gasteiger partial charge in [0.2, 0.25) is 5.91 Å². The number of urea groups is 1. The summed E-state index contributed by atoms with van der Waals surface area (Å²) >= 11 is 0. The summed E-state index contributed by atoms with van der Waals surface area (Å²) < 4.78 is 5.65. The Kier molecular flexibility index (Phi) is 4.97. The van der Waals surface area contributed by atoms with Crippen LogP contribution < -0.4 is 15.8 Å². The first kappa shape index (κ1) is 17.6. The molecule has 1 aliphatic heterocycles. The van der Waals surface area contributed by atoms with E-state index in [4.69, 9.17) is 10.5 Å². The minimum Gasteiger partial charge on any atom is -0.504 e. The Morgan fingerprint density at radius 3 is 2.81 bits per heavy atom. The van der Waals surface area contributed by atoms with E-state index in [1.165, 1.54) is 0 Å². The number of nitrogens with two attached hydrogens (primary N) is 1. The number of rotatable bonds is 3. The molecule has 0 saturated heterocycles. The summed E-state index contributed by atoms with van der Waals surface area (Å²) in [4.78, 5) is 24.7. The minimum absolute atomic E-state index is 0.0466. The number of benzene rings is 2. The lowest BCUT2D eigenvalue weighted by molar-refractivity contribution is -0.130. The van der Waals surface area contributed by atoms with Crippen molar-refractivity contribution in [3.8, 4) is 22.6 Å². The average molecular weight is 355 g/mol. The predicted molar refractivity (Wildman–Crippen MR) is 96.8 cm³/mol. The summed E-state index contributed by atoms with van der Waals surface area (Å²) in [6, 6.07) is 10.7. The third kappa shape index (κ3) is 3.72. The number of hydrogen-bond acceptors (Lipinski definition) is 4. The maximum Gasteiger partial charge on any atom is 0.312 e. The largest absolute Gasteiger partial charge is 0.504 e. The van der Waals surface area contributed by atoms with Gasteiger partial charge in [0.1, 0.15) is 6.61 Å². The molecule has 1 aliphatic rings. The smallest absolute Gasteiger partial charge is 0.312 e. The van der Waals surface area contributed by atoms with E-state index in [2.05, 4.69) is 5.32 Å². The lowest BCUT2D eigenvalue weighted by atomic mass is 9.98. The Bertz CT molecular complexity index is 851. The van der Waals surface area contributed by atoms with Crippen LogP contribution in [0.2, 0.25) is 0 Å². The number of fused-ring (bicyclic) bond motifs is 1. The van der Waals surface area contributed by atoms with Crippen molar-refractivity contribution in [2.24, 2.45) is 5.73 Å². The molecule has 0 fully saturated rings. The molecule has 0 radical (unpaired) electrons. The number of aryl methyl sites for hydroxylation is 1. The van der Waals surface area contributed by atoms with Crippen LogP contribution in [0.3, 0.4) is 0 Å². The molecule has 136 valence electrons. The molecule has 2 aromatic carbocycles. The molecule has 0 unspecified atom stereocenters. The summed E-state index contributed by atoms with van der Waals surface area (Å²) in [5.41, 5.74) is 8.67. The van der Waals surface area contributed by atoms with Crippen LogP contribution in [-0.2, 0) is 11.3 Å². The molecule has 0 atom stereocenters. The van der Waals surface area contributed by atoms with Gasteiger partial charge in [0.05, 0.1) is 13.1 Å². The highest BCUT2D eigenvalue weighted by atomic mass is 16.5. The molecule has 3 rings (SSSR count). The van der Waals surface area contributed by atoms with Gasteiger partial charge in [-0.2, -0.15) is 0 Å². The van der Waals surface area contributed by atoms with Crippen molar-refractivity contribution in [1.29, 1.82) is 0 Å². The average Bonchev–Trinajstić information content (AvgIpc) is 2.83. The van der Waals surface area contributed by atoms with Gasteiger partial charge in [-0.3, -0.25) is 4.79 Å². The van der Waals surface area contributed by atoms with Gasteiger partial charge in [0.25, 0.3) is 0 Å². The molecule has 2 aromatic rings. The number of aromatic hydroxyl groups is 1. The van der Waals surface area contributed by atoms with Gasteiger partial charge in [-0.1, -0.05) is 24.3 Å². The number of nitrogens with one attached hydrogen (secondary N) is 1. The quantitative estimate of drug-likeness (QED) is 0.780. The van der Waals surface area contributed by atoms with Gasteiger partial charge in [0, 0.05) is 12.1 Å². The van der Waals surface area contributed by atoms with Crippen LogP contribution in [0.5, 0.6) is 11.5 Å². The SMILES string of the molecule is Cc1ccccc1-c1cc(O)c2c(c1)CN(C(=O)CNC(N)=O)CCO2. The van der Waals surface area contributed by atoms with Crippen LogP contribution in [0.4, 0.5) is 4.79 Å². The van der Waals surface area contributed by atoms with Gasteiger partial charge >= 0.3 is 6.03 Å². The topological polar surface area (TPSA) is 105 Å². The van der Waals surface area contributed by atoms with Gasteiger partial charge in [0.15, 0.2) is 11.5 Å². The maximum absolute atomic E-state index is 12.3. The number of hydrogen-bond donors (Lipinski definition) is 3. The lowest BCUT2D eigenvalue weighted by Gasteiger charge is -2.20. The molecule has 4 N–H and O–H groups in total. The van der Waals surface area contributed by atoms with Crippen molar-refractivity contribution in [3.63, 3.8) is 0 Å². The number of phenolic OH excluding ortho intramolecular Hbond substituents is 1. The number of carbonyl (C=O) groups excluding carboxylic acids is 2. The summed E-state index contributed by atoms with van der Waals surface area (Å²) in [6.45, 7) is 2.72. The second kappa shape index (κ2) is 7.35. The van der Waals surface area contributed by atoms with E-state index < -0.39 is 6.03 Å². The van der Waals surface area contributed by atoms with Crippen LogP contribution in [-0.4, -0.2) is 41.6 Å². The summed E-state index contributed by atoms with van der Waals surface area (Å²) in [6.07, 6.45) is 0. The van der Waals surface area contributed by atoms with E-state index in [0.29, 0.717) is 17.9 Å². The highest BCUT2D eigenvalue weighted by Gasteiger charge is 2.23. The summed E-state index contributed by atoms with van der Waals surface area (Å²) in [5.74, 6) is 0.173. The van der Waals surface area contributed by atoms with Crippen molar-refractivity contribution in [1.82, 2.24) is 10.2 Å². The predicted octanol–water partition coefficient (Wildman–Crippen LogP) is 1.76. The van der Waals surface area contributed by atoms with E-state index in [1.807, 2.05) is 37.3 Å². The van der Waals surface area contributed by atoms with Crippen molar-refractivity contribution in [3.05, 3.63) is 47.5 Å². The van der Waals surface area contributed by atoms with Crippen LogP contribution in [0.25, 0.3) is 11.1 Å². The fourth-order valence-corrected chi connectivity index (χ4v) is 3.04. The highest BCUT2D eigenvalue weighted by molar-refractivity contribution is 5.83. The number of carbonyl (C=O) groups is 2. The molecule has 7 nitrogen and oxygen atoms in total. The lowest BCUT2D eigenvalue weighted by Crippen LogP contribution is -2.42. The minimum atomic E-state index is -0.746. The van der Waals surface area contributed by atoms with Gasteiger partial charge in [-0.25, -0.2) is 4.79 Å². The van der Waals surface area contributed by atoms with E-state index in [0.717, 1.165) is 16.7 Å². The Morgan fingerprint density at radius 1 is 1.31 bits per heavy atom. The Hall–Kier alpha value is -3.22. The molecule has 0 saturated carbocycles. The van der Waals surface area contributed by atoms with Gasteiger partial charge < -0.3 is 25.8 Å². The third-order valence-electron chi connectivity index (χ3n) is 4.34. The Morgan fingerprint density at radius 2 is 2.08 bits per heavy atom. The van der Waals surface area contributed by atoms with Crippen LogP contribution in [0.1, 0.15) is 11.1 Å². The first-order valence-electron chi connectivity index (χ1n) is 8.31. The molecule has 1 heterocycles. The molecule has 0 bridgehead atoms. The number of ether oxygens (including phenoxy) is 1. The van der Waals surface area contributed by atoms with Gasteiger partial charge in [-0.05, 0) is 35.7 Å². The van der Waals surface area contributed by atoms with Crippen molar-refractivity contribution >= 4 is 11.9 Å². The molecule has 0 aromatic heterocycles. The molecular weight excluding hydrogens is 334 g/mol. The standard InChI is InChI=1S/C19H21N3O4/c1-12-4-2-3-5-15(12)13-8-14-11-22(17(24)10-21-19(20)25)6-7-26-18(14)16(23)9-13/h2-5,8-9,23H,6-7,10-11H2,1H3,(H3,20,21,25). The zero-order valence-corrected chi connectivity index (χ0v) is 14.5. The van der Waals surface area contributed by atoms with Crippen LogP contribution >= 0.6 is 0 Å². The van der Waals surface area contributed by atoms with Gasteiger partial charge in [-0.15, -0.1) is 0 Å². The number of amides is 3. The van der Waals surface area contributed by atoms with Crippen molar-refractivity contribution in [2.75, 3.05) is 19.7 Å². The number of phenols is 1. The fraction of sp³-hybridized carbons (Fsp3) is 0.263. The molecule has 26 heavy (non-hydrogen) atoms. The zero-order valence-electron chi connectivity index (χ0n) is 14.5. The van der Waals surface area contributed by atoms with Crippen LogP contribution in [0.15, 0.2) is 36.4 Å². The molecular formula is C19H21N3O4. The first-order valence-corrected chi connectivity index (χ1v) is 8.31. The maximum atomic E-state index is 12.3. The fourth-order valence-electron chi connectivity index (χ4n) is 3.04. The van der Waals surface area contributed by atoms with Crippen molar-refractivity contribution in [2.45, 2.75) is 13.5 Å². The van der Waals surface area contributed by atoms with E-state index >= 15 is 0 Å². The number of nitrogens with zero attached hydrogens (tertiary/aromatic N) is 1. The van der Waals surface area contributed by atoms with Crippen LogP contribution in [0, 0.1) is 6.92 Å². The molecule has 0 spiro atoms. The van der Waals surface area contributed by atoms with E-state index in [-0.39, 0.29) is 31.4 Å². The third-order valence-corrected chi connectivity index (χ3v) is 4.34. The first-order chi connectivity index (χ1) is 12.5.